The molecule has 27 heavy (non-hydrogen) atoms. The zero-order valence-corrected chi connectivity index (χ0v) is 15.1. The number of carbonyl (C=O) groups is 1. The maximum absolute atomic E-state index is 13.1. The smallest absolute Gasteiger partial charge is 0.254 e. The monoisotopic (exact) mass is 368 g/mol. The zero-order valence-electron chi connectivity index (χ0n) is 15.1. The molecular formula is C21H24N2O4. The molecule has 3 N–H and O–H groups in total. The van der Waals surface area contributed by atoms with Crippen LogP contribution in [-0.2, 0) is 5.60 Å². The minimum atomic E-state index is -0.945. The fourth-order valence-corrected chi connectivity index (χ4v) is 4.84. The number of H-pyrrole nitrogens is 1. The second-order valence-electron chi connectivity index (χ2n) is 7.62. The van der Waals surface area contributed by atoms with Crippen molar-refractivity contribution >= 4 is 5.91 Å². The predicted molar refractivity (Wildman–Crippen MR) is 100 cm³/mol. The molecule has 1 amide bonds. The molecule has 2 aliphatic rings. The molecule has 4 rings (SSSR count). The molecule has 6 nitrogen and oxygen atoms in total. The van der Waals surface area contributed by atoms with Gasteiger partial charge < -0.3 is 15.1 Å². The SMILES string of the molecule is O=C(c1cc(O)[nH]c(=O)c1)N1CCC(O)(c2ccccc2)[C@@H]2CCCC[C@@H]21. The number of aromatic nitrogens is 1. The highest BCUT2D eigenvalue weighted by molar-refractivity contribution is 5.94. The zero-order chi connectivity index (χ0) is 19.0. The third kappa shape index (κ3) is 3.14. The number of nitrogens with zero attached hydrogens (tertiary/aromatic N) is 1. The number of aromatic amines is 1. The average Bonchev–Trinajstić information content (AvgIpc) is 2.68. The molecule has 1 unspecified atom stereocenters. The van der Waals surface area contributed by atoms with E-state index in [0.29, 0.717) is 13.0 Å². The van der Waals surface area contributed by atoms with Gasteiger partial charge in [-0.2, -0.15) is 0 Å². The highest BCUT2D eigenvalue weighted by Gasteiger charge is 2.50. The van der Waals surface area contributed by atoms with Crippen molar-refractivity contribution in [2.45, 2.75) is 43.7 Å². The van der Waals surface area contributed by atoms with E-state index in [1.807, 2.05) is 30.3 Å². The normalized spacial score (nSPS) is 27.8. The number of piperidine rings is 1. The number of carbonyl (C=O) groups excluding carboxylic acids is 1. The van der Waals surface area contributed by atoms with Crippen LogP contribution in [0.25, 0.3) is 0 Å². The van der Waals surface area contributed by atoms with E-state index in [1.165, 1.54) is 12.1 Å². The number of benzene rings is 1. The van der Waals surface area contributed by atoms with Gasteiger partial charge in [0.1, 0.15) is 0 Å². The van der Waals surface area contributed by atoms with Crippen molar-refractivity contribution in [1.29, 1.82) is 0 Å². The molecule has 1 aliphatic heterocycles. The average molecular weight is 368 g/mol. The minimum absolute atomic E-state index is 0.0399. The number of likely N-dealkylation sites (tertiary alicyclic amines) is 1. The summed E-state index contributed by atoms with van der Waals surface area (Å²) >= 11 is 0. The molecular weight excluding hydrogens is 344 g/mol. The van der Waals surface area contributed by atoms with E-state index in [-0.39, 0.29) is 29.3 Å². The Morgan fingerprint density at radius 1 is 1.15 bits per heavy atom. The van der Waals surface area contributed by atoms with Gasteiger partial charge in [-0.3, -0.25) is 14.6 Å². The van der Waals surface area contributed by atoms with Crippen LogP contribution in [0.4, 0.5) is 0 Å². The number of rotatable bonds is 2. The van der Waals surface area contributed by atoms with Gasteiger partial charge in [0.15, 0.2) is 5.88 Å². The molecule has 3 atom stereocenters. The van der Waals surface area contributed by atoms with Gasteiger partial charge in [-0.05, 0) is 24.8 Å². The van der Waals surface area contributed by atoms with E-state index < -0.39 is 11.2 Å². The number of hydrogen-bond donors (Lipinski definition) is 3. The summed E-state index contributed by atoms with van der Waals surface area (Å²) in [6, 6.07) is 12.1. The van der Waals surface area contributed by atoms with Crippen LogP contribution in [0.1, 0.15) is 48.0 Å². The summed E-state index contributed by atoms with van der Waals surface area (Å²) < 4.78 is 0. The van der Waals surface area contributed by atoms with Gasteiger partial charge in [-0.1, -0.05) is 43.2 Å². The molecule has 2 fully saturated rings. The van der Waals surface area contributed by atoms with Gasteiger partial charge in [0.05, 0.1) is 11.2 Å². The van der Waals surface area contributed by atoms with Crippen LogP contribution in [0.15, 0.2) is 47.3 Å². The van der Waals surface area contributed by atoms with Crippen LogP contribution >= 0.6 is 0 Å². The van der Waals surface area contributed by atoms with Crippen LogP contribution in [0.3, 0.4) is 0 Å². The Balaban J connectivity index is 1.67. The summed E-state index contributed by atoms with van der Waals surface area (Å²) in [7, 11) is 0. The molecule has 2 aromatic rings. The highest BCUT2D eigenvalue weighted by atomic mass is 16.3. The Labute approximate surface area is 157 Å². The summed E-state index contributed by atoms with van der Waals surface area (Å²) in [6.45, 7) is 0.416. The molecule has 0 radical (unpaired) electrons. The van der Waals surface area contributed by atoms with Gasteiger partial charge in [0, 0.05) is 30.6 Å². The Morgan fingerprint density at radius 2 is 1.89 bits per heavy atom. The molecule has 0 spiro atoms. The van der Waals surface area contributed by atoms with E-state index in [4.69, 9.17) is 0 Å². The fraction of sp³-hybridized carbons (Fsp3) is 0.429. The van der Waals surface area contributed by atoms with Gasteiger partial charge in [0.25, 0.3) is 11.5 Å². The number of amides is 1. The van der Waals surface area contributed by atoms with E-state index in [2.05, 4.69) is 4.98 Å². The third-order valence-corrected chi connectivity index (χ3v) is 6.09. The highest BCUT2D eigenvalue weighted by Crippen LogP contribution is 2.47. The quantitative estimate of drug-likeness (QED) is 0.759. The second-order valence-corrected chi connectivity index (χ2v) is 7.62. The molecule has 2 heterocycles. The number of fused-ring (bicyclic) bond motifs is 1. The van der Waals surface area contributed by atoms with E-state index in [1.54, 1.807) is 4.90 Å². The van der Waals surface area contributed by atoms with Crippen molar-refractivity contribution in [3.05, 3.63) is 63.9 Å². The molecule has 1 aromatic heterocycles. The molecule has 1 saturated heterocycles. The van der Waals surface area contributed by atoms with Gasteiger partial charge in [-0.15, -0.1) is 0 Å². The van der Waals surface area contributed by atoms with E-state index in [9.17, 15) is 19.8 Å². The Kier molecular flexibility index (Phi) is 4.52. The standard InChI is InChI=1S/C21H24N2O4/c24-18-12-14(13-19(25)22-18)20(26)23-11-10-21(27,15-6-2-1-3-7-15)16-8-4-5-9-17(16)23/h1-3,6-7,12-13,16-17,27H,4-5,8-11H2,(H2,22,24,25)/t16-,17+,21?/m1/s1. The first-order valence-corrected chi connectivity index (χ1v) is 9.51. The largest absolute Gasteiger partial charge is 0.494 e. The molecule has 1 aliphatic carbocycles. The minimum Gasteiger partial charge on any atom is -0.494 e. The molecule has 0 bridgehead atoms. The number of aromatic hydroxyl groups is 1. The molecule has 6 heteroatoms. The predicted octanol–water partition coefficient (Wildman–Crippen LogP) is 2.37. The van der Waals surface area contributed by atoms with Gasteiger partial charge >= 0.3 is 0 Å². The molecule has 1 aromatic carbocycles. The number of aliphatic hydroxyl groups is 1. The third-order valence-electron chi connectivity index (χ3n) is 6.09. The molecule has 1 saturated carbocycles. The summed E-state index contributed by atoms with van der Waals surface area (Å²) in [5.41, 5.74) is -0.357. The first kappa shape index (κ1) is 17.8. The molecule has 142 valence electrons. The van der Waals surface area contributed by atoms with Crippen LogP contribution in [0.2, 0.25) is 0 Å². The van der Waals surface area contributed by atoms with Crippen LogP contribution in [-0.4, -0.2) is 38.6 Å². The van der Waals surface area contributed by atoms with E-state index in [0.717, 1.165) is 31.2 Å². The Hall–Kier alpha value is -2.60. The fourth-order valence-electron chi connectivity index (χ4n) is 4.84. The summed E-state index contributed by atoms with van der Waals surface area (Å²) in [6.07, 6.45) is 4.20. The topological polar surface area (TPSA) is 93.6 Å². The maximum Gasteiger partial charge on any atom is 0.254 e. The Bertz CT molecular complexity index is 895. The summed E-state index contributed by atoms with van der Waals surface area (Å²) in [5, 5.41) is 21.2. The number of hydrogen-bond acceptors (Lipinski definition) is 4. The lowest BCUT2D eigenvalue weighted by Crippen LogP contribution is -2.59. The van der Waals surface area contributed by atoms with Crippen molar-refractivity contribution in [1.82, 2.24) is 9.88 Å². The second kappa shape index (κ2) is 6.85. The first-order valence-electron chi connectivity index (χ1n) is 9.51. The van der Waals surface area contributed by atoms with Crippen molar-refractivity contribution in [2.24, 2.45) is 5.92 Å². The lowest BCUT2D eigenvalue weighted by molar-refractivity contribution is -0.110. The maximum atomic E-state index is 13.1. The lowest BCUT2D eigenvalue weighted by atomic mass is 9.66. The lowest BCUT2D eigenvalue weighted by Gasteiger charge is -2.52. The van der Waals surface area contributed by atoms with Gasteiger partial charge in [-0.25, -0.2) is 0 Å². The first-order chi connectivity index (χ1) is 13.0. The van der Waals surface area contributed by atoms with Crippen LogP contribution in [0.5, 0.6) is 5.88 Å². The van der Waals surface area contributed by atoms with Crippen molar-refractivity contribution in [2.75, 3.05) is 6.54 Å². The summed E-state index contributed by atoms with van der Waals surface area (Å²) in [4.78, 5) is 28.8. The van der Waals surface area contributed by atoms with Crippen molar-refractivity contribution < 1.29 is 15.0 Å². The number of nitrogens with one attached hydrogen (secondary N) is 1. The van der Waals surface area contributed by atoms with Gasteiger partial charge in [0.2, 0.25) is 0 Å². The van der Waals surface area contributed by atoms with Crippen molar-refractivity contribution in [3.63, 3.8) is 0 Å². The Morgan fingerprint density at radius 3 is 2.63 bits per heavy atom. The van der Waals surface area contributed by atoms with E-state index >= 15 is 0 Å². The number of pyridine rings is 1. The summed E-state index contributed by atoms with van der Waals surface area (Å²) in [5.74, 6) is -0.616. The van der Waals surface area contributed by atoms with Crippen LogP contribution < -0.4 is 5.56 Å². The van der Waals surface area contributed by atoms with Crippen LogP contribution in [0, 0.1) is 5.92 Å². The van der Waals surface area contributed by atoms with Crippen molar-refractivity contribution in [3.8, 4) is 5.88 Å².